The van der Waals surface area contributed by atoms with Gasteiger partial charge in [0.05, 0.1) is 11.8 Å². The number of benzene rings is 1. The number of amides is 1. The summed E-state index contributed by atoms with van der Waals surface area (Å²) in [6.45, 7) is 6.68. The van der Waals surface area contributed by atoms with E-state index < -0.39 is 21.8 Å². The zero-order valence-corrected chi connectivity index (χ0v) is 17.5. The van der Waals surface area contributed by atoms with Gasteiger partial charge in [-0.1, -0.05) is 30.3 Å². The van der Waals surface area contributed by atoms with Gasteiger partial charge in [-0.3, -0.25) is 9.45 Å². The second-order valence-electron chi connectivity index (χ2n) is 8.90. The third-order valence-corrected chi connectivity index (χ3v) is 6.40. The molecule has 1 aliphatic carbocycles. The van der Waals surface area contributed by atoms with Crippen molar-refractivity contribution in [2.24, 2.45) is 11.8 Å². The molecule has 3 rings (SSSR count). The van der Waals surface area contributed by atoms with Crippen molar-refractivity contribution in [2.45, 2.75) is 57.8 Å². The van der Waals surface area contributed by atoms with Crippen molar-refractivity contribution >= 4 is 16.2 Å². The Morgan fingerprint density at radius 3 is 2.54 bits per heavy atom. The van der Waals surface area contributed by atoms with E-state index in [9.17, 15) is 17.8 Å². The molecular formula is C20H30N2O5S. The lowest BCUT2D eigenvalue weighted by molar-refractivity contribution is 0.0321. The Morgan fingerprint density at radius 2 is 1.93 bits per heavy atom. The average molecular weight is 411 g/mol. The van der Waals surface area contributed by atoms with Crippen LogP contribution in [-0.2, 0) is 21.4 Å². The molecule has 1 saturated carbocycles. The number of fused-ring (bicyclic) bond motifs is 2. The molecule has 1 aromatic carbocycles. The number of nitrogens with zero attached hydrogens (tertiary/aromatic N) is 1. The zero-order chi connectivity index (χ0) is 20.5. The zero-order valence-electron chi connectivity index (χ0n) is 16.7. The van der Waals surface area contributed by atoms with E-state index in [4.69, 9.17) is 4.74 Å². The molecular weight excluding hydrogens is 380 g/mol. The minimum Gasteiger partial charge on any atom is -0.444 e. The monoisotopic (exact) mass is 410 g/mol. The number of hydrogen-bond donors (Lipinski definition) is 2. The van der Waals surface area contributed by atoms with Gasteiger partial charge in [0, 0.05) is 19.1 Å². The number of hydrogen-bond acceptors (Lipinski definition) is 5. The van der Waals surface area contributed by atoms with Crippen LogP contribution in [0.15, 0.2) is 30.3 Å². The standard InChI is InChI=1S/C20H30N2O5S/c1-20(2,3)27-19(23)21-18-16-9-10-17(18)22(11-14-7-5-4-6-8-14)12-15(16)13-28(24,25)26/h4-8,15-18H,9-13H2,1-3H3,(H,21,23)(H,24,25,26)/t15-,16-,17+,18+/m0/s1. The van der Waals surface area contributed by atoms with E-state index in [1.807, 2.05) is 51.1 Å². The quantitative estimate of drug-likeness (QED) is 0.725. The summed E-state index contributed by atoms with van der Waals surface area (Å²) in [7, 11) is -4.10. The van der Waals surface area contributed by atoms with Crippen LogP contribution < -0.4 is 5.32 Å². The highest BCUT2D eigenvalue weighted by Crippen LogP contribution is 2.41. The normalized spacial score (nSPS) is 28.1. The molecule has 4 atom stereocenters. The number of likely N-dealkylation sites (tertiary alicyclic amines) is 1. The topological polar surface area (TPSA) is 95.9 Å². The minimum atomic E-state index is -4.10. The van der Waals surface area contributed by atoms with Gasteiger partial charge in [0.1, 0.15) is 5.60 Å². The van der Waals surface area contributed by atoms with Crippen LogP contribution in [0, 0.1) is 11.8 Å². The fourth-order valence-corrected chi connectivity index (χ4v) is 5.51. The second kappa shape index (κ2) is 8.00. The highest BCUT2D eigenvalue weighted by molar-refractivity contribution is 7.85. The van der Waals surface area contributed by atoms with Gasteiger partial charge in [-0.2, -0.15) is 8.42 Å². The largest absolute Gasteiger partial charge is 0.444 e. The molecule has 1 saturated heterocycles. The number of ether oxygens (including phenoxy) is 1. The molecule has 2 fully saturated rings. The first kappa shape index (κ1) is 21.1. The summed E-state index contributed by atoms with van der Waals surface area (Å²) >= 11 is 0. The van der Waals surface area contributed by atoms with Gasteiger partial charge in [0.2, 0.25) is 0 Å². The third kappa shape index (κ3) is 5.46. The van der Waals surface area contributed by atoms with E-state index >= 15 is 0 Å². The van der Waals surface area contributed by atoms with E-state index in [1.165, 1.54) is 0 Å². The summed E-state index contributed by atoms with van der Waals surface area (Å²) in [6.07, 6.45) is 1.21. The molecule has 1 aliphatic heterocycles. The maximum atomic E-state index is 12.4. The van der Waals surface area contributed by atoms with Gasteiger partial charge in [-0.15, -0.1) is 0 Å². The van der Waals surface area contributed by atoms with Crippen molar-refractivity contribution in [2.75, 3.05) is 12.3 Å². The van der Waals surface area contributed by atoms with Gasteiger partial charge >= 0.3 is 6.09 Å². The fourth-order valence-electron chi connectivity index (χ4n) is 4.61. The van der Waals surface area contributed by atoms with E-state index in [0.717, 1.165) is 18.4 Å². The Morgan fingerprint density at radius 1 is 1.25 bits per heavy atom. The predicted molar refractivity (Wildman–Crippen MR) is 106 cm³/mol. The molecule has 2 bridgehead atoms. The molecule has 7 nitrogen and oxygen atoms in total. The average Bonchev–Trinajstić information content (AvgIpc) is 2.86. The van der Waals surface area contributed by atoms with Gasteiger partial charge in [-0.25, -0.2) is 4.79 Å². The Balaban J connectivity index is 1.81. The summed E-state index contributed by atoms with van der Waals surface area (Å²) in [5.41, 5.74) is 0.532. The molecule has 28 heavy (non-hydrogen) atoms. The molecule has 1 amide bonds. The highest BCUT2D eigenvalue weighted by Gasteiger charge is 2.49. The van der Waals surface area contributed by atoms with Crippen LogP contribution >= 0.6 is 0 Å². The summed E-state index contributed by atoms with van der Waals surface area (Å²) in [4.78, 5) is 14.6. The van der Waals surface area contributed by atoms with Crippen molar-refractivity contribution < 1.29 is 22.5 Å². The van der Waals surface area contributed by atoms with Crippen molar-refractivity contribution in [1.82, 2.24) is 10.2 Å². The van der Waals surface area contributed by atoms with Gasteiger partial charge in [0.15, 0.2) is 0 Å². The molecule has 8 heteroatoms. The maximum absolute atomic E-state index is 12.4. The fraction of sp³-hybridized carbons (Fsp3) is 0.650. The number of piperidine rings is 1. The Kier molecular flexibility index (Phi) is 6.03. The van der Waals surface area contributed by atoms with Crippen molar-refractivity contribution in [3.05, 3.63) is 35.9 Å². The summed E-state index contributed by atoms with van der Waals surface area (Å²) in [6, 6.07) is 9.91. The van der Waals surface area contributed by atoms with Crippen LogP contribution in [0.2, 0.25) is 0 Å². The second-order valence-corrected chi connectivity index (χ2v) is 10.4. The minimum absolute atomic E-state index is 0.00599. The lowest BCUT2D eigenvalue weighted by Crippen LogP contribution is -2.59. The smallest absolute Gasteiger partial charge is 0.407 e. The highest BCUT2D eigenvalue weighted by atomic mass is 32.2. The van der Waals surface area contributed by atoms with Gasteiger partial charge < -0.3 is 10.1 Å². The summed E-state index contributed by atoms with van der Waals surface area (Å²) < 4.78 is 38.0. The molecule has 0 aromatic heterocycles. The SMILES string of the molecule is CC(C)(C)OC(=O)N[C@@H]1[C@H]2CC[C@H]1N(Cc1ccccc1)C[C@H]2CS(=O)(=O)O. The summed E-state index contributed by atoms with van der Waals surface area (Å²) in [5.74, 6) is -0.522. The first-order valence-corrected chi connectivity index (χ1v) is 11.4. The van der Waals surface area contributed by atoms with Crippen LogP contribution in [0.3, 0.4) is 0 Å². The molecule has 1 heterocycles. The van der Waals surface area contributed by atoms with Crippen LogP contribution in [0.5, 0.6) is 0 Å². The van der Waals surface area contributed by atoms with Crippen LogP contribution in [0.25, 0.3) is 0 Å². The molecule has 1 aromatic rings. The number of alkyl carbamates (subject to hydrolysis) is 1. The van der Waals surface area contributed by atoms with Crippen molar-refractivity contribution in [1.29, 1.82) is 0 Å². The molecule has 2 N–H and O–H groups in total. The number of nitrogens with one attached hydrogen (secondary N) is 1. The summed E-state index contributed by atoms with van der Waals surface area (Å²) in [5, 5.41) is 2.99. The van der Waals surface area contributed by atoms with E-state index in [2.05, 4.69) is 10.2 Å². The molecule has 156 valence electrons. The Labute approximate surface area is 167 Å². The first-order chi connectivity index (χ1) is 13.0. The lowest BCUT2D eigenvalue weighted by atomic mass is 9.84. The lowest BCUT2D eigenvalue weighted by Gasteiger charge is -2.44. The maximum Gasteiger partial charge on any atom is 0.407 e. The first-order valence-electron chi connectivity index (χ1n) is 9.74. The van der Waals surface area contributed by atoms with E-state index in [0.29, 0.717) is 13.1 Å². The molecule has 0 unspecified atom stereocenters. The van der Waals surface area contributed by atoms with Gasteiger partial charge in [-0.05, 0) is 51.0 Å². The Hall–Kier alpha value is -1.64. The van der Waals surface area contributed by atoms with Crippen LogP contribution in [0.4, 0.5) is 4.79 Å². The Bertz CT molecular complexity index is 791. The molecule has 2 aliphatic rings. The predicted octanol–water partition coefficient (Wildman–Crippen LogP) is 2.68. The molecule has 0 spiro atoms. The van der Waals surface area contributed by atoms with Crippen molar-refractivity contribution in [3.8, 4) is 0 Å². The number of carbonyl (C=O) groups is 1. The molecule has 0 radical (unpaired) electrons. The number of carbonyl (C=O) groups excluding carboxylic acids is 1. The van der Waals surface area contributed by atoms with E-state index in [1.54, 1.807) is 0 Å². The van der Waals surface area contributed by atoms with E-state index in [-0.39, 0.29) is 29.7 Å². The van der Waals surface area contributed by atoms with Gasteiger partial charge in [0.25, 0.3) is 10.1 Å². The van der Waals surface area contributed by atoms with Crippen molar-refractivity contribution in [3.63, 3.8) is 0 Å². The third-order valence-electron chi connectivity index (χ3n) is 5.55. The number of rotatable bonds is 5. The van der Waals surface area contributed by atoms with Crippen LogP contribution in [-0.4, -0.2) is 53.9 Å². The van der Waals surface area contributed by atoms with Crippen LogP contribution in [0.1, 0.15) is 39.2 Å².